The first-order valence-corrected chi connectivity index (χ1v) is 8.78. The minimum absolute atomic E-state index is 0.821. The van der Waals surface area contributed by atoms with Gasteiger partial charge in [-0.05, 0) is 23.6 Å². The van der Waals surface area contributed by atoms with Crippen LogP contribution in [0.15, 0.2) is 101 Å². The molecule has 0 aromatic heterocycles. The molecule has 0 aliphatic heterocycles. The van der Waals surface area contributed by atoms with Crippen molar-refractivity contribution in [1.82, 2.24) is 0 Å². The maximum atomic E-state index is 11.6. The third-order valence-corrected chi connectivity index (χ3v) is 4.61. The van der Waals surface area contributed by atoms with Gasteiger partial charge in [-0.2, -0.15) is 15.5 Å². The zero-order chi connectivity index (χ0) is 20.0. The number of benzene rings is 3. The fraction of sp³-hybridized carbons (Fsp3) is 0.130. The molecular weight excluding hydrogens is 350 g/mol. The van der Waals surface area contributed by atoms with Crippen LogP contribution in [0.1, 0.15) is 23.6 Å². The van der Waals surface area contributed by atoms with Crippen LogP contribution in [0.25, 0.3) is 0 Å². The number of azo groups is 1. The van der Waals surface area contributed by atoms with Gasteiger partial charge in [0.1, 0.15) is 6.07 Å². The first kappa shape index (κ1) is 19.0. The van der Waals surface area contributed by atoms with Crippen LogP contribution in [0, 0.1) is 11.3 Å². The lowest BCUT2D eigenvalue weighted by atomic mass is 9.78. The highest BCUT2D eigenvalue weighted by atomic mass is 16.4. The third kappa shape index (κ3) is 3.40. The van der Waals surface area contributed by atoms with Crippen molar-refractivity contribution in [3.05, 3.63) is 108 Å². The van der Waals surface area contributed by atoms with Gasteiger partial charge in [0, 0.05) is 0 Å². The van der Waals surface area contributed by atoms with Gasteiger partial charge in [0.2, 0.25) is 0 Å². The van der Waals surface area contributed by atoms with Crippen LogP contribution in [0.5, 0.6) is 0 Å². The van der Waals surface area contributed by atoms with Crippen LogP contribution in [0.2, 0.25) is 0 Å². The fourth-order valence-corrected chi connectivity index (χ4v) is 3.00. The Morgan fingerprint density at radius 3 is 1.43 bits per heavy atom. The quantitative estimate of drug-likeness (QED) is 0.500. The largest absolute Gasteiger partial charge is 0.479 e. The molecule has 1 unspecified atom stereocenters. The van der Waals surface area contributed by atoms with Gasteiger partial charge in [0.25, 0.3) is 5.54 Å². The maximum absolute atomic E-state index is 11.6. The average molecular weight is 369 g/mol. The van der Waals surface area contributed by atoms with Crippen LogP contribution < -0.4 is 0 Å². The molecule has 3 rings (SSSR count). The van der Waals surface area contributed by atoms with E-state index in [0.29, 0.717) is 0 Å². The molecule has 0 heterocycles. The molecule has 138 valence electrons. The van der Waals surface area contributed by atoms with Crippen molar-refractivity contribution in [2.75, 3.05) is 0 Å². The average Bonchev–Trinajstić information content (AvgIpc) is 2.76. The van der Waals surface area contributed by atoms with Crippen molar-refractivity contribution >= 4 is 5.97 Å². The second-order valence-corrected chi connectivity index (χ2v) is 6.50. The van der Waals surface area contributed by atoms with Crippen molar-refractivity contribution < 1.29 is 9.90 Å². The third-order valence-electron chi connectivity index (χ3n) is 4.61. The van der Waals surface area contributed by atoms with Gasteiger partial charge < -0.3 is 5.11 Å². The smallest absolute Gasteiger partial charge is 0.348 e. The zero-order valence-electron chi connectivity index (χ0n) is 15.4. The number of carboxylic acid groups (broad SMARTS) is 1. The van der Waals surface area contributed by atoms with Gasteiger partial charge in [-0.1, -0.05) is 91.0 Å². The second-order valence-electron chi connectivity index (χ2n) is 6.50. The van der Waals surface area contributed by atoms with E-state index >= 15 is 0 Å². The van der Waals surface area contributed by atoms with E-state index in [0.717, 1.165) is 16.7 Å². The monoisotopic (exact) mass is 369 g/mol. The Kier molecular flexibility index (Phi) is 5.32. The molecule has 0 amide bonds. The molecule has 0 fully saturated rings. The second kappa shape index (κ2) is 7.85. The maximum Gasteiger partial charge on any atom is 0.348 e. The molecule has 5 nitrogen and oxygen atoms in total. The molecule has 0 aliphatic rings. The summed E-state index contributed by atoms with van der Waals surface area (Å²) in [7, 11) is 0. The van der Waals surface area contributed by atoms with Gasteiger partial charge in [-0.3, -0.25) is 0 Å². The van der Waals surface area contributed by atoms with Gasteiger partial charge in [-0.15, -0.1) is 0 Å². The first-order valence-electron chi connectivity index (χ1n) is 8.78. The molecule has 3 aromatic rings. The summed E-state index contributed by atoms with van der Waals surface area (Å²) in [4.78, 5) is 11.6. The van der Waals surface area contributed by atoms with E-state index in [4.69, 9.17) is 0 Å². The van der Waals surface area contributed by atoms with Crippen molar-refractivity contribution in [3.63, 3.8) is 0 Å². The summed E-state index contributed by atoms with van der Waals surface area (Å²) in [6.45, 7) is 1.24. The molecule has 5 heteroatoms. The van der Waals surface area contributed by atoms with Gasteiger partial charge >= 0.3 is 5.97 Å². The molecule has 0 spiro atoms. The lowest BCUT2D eigenvalue weighted by Crippen LogP contribution is -2.33. The van der Waals surface area contributed by atoms with Gasteiger partial charge in [0.05, 0.1) is 0 Å². The number of carbonyl (C=O) groups is 1. The summed E-state index contributed by atoms with van der Waals surface area (Å²) in [6.07, 6.45) is 0. The standard InChI is InChI=1S/C23H19N3O2/c1-22(17-24,21(27)28)25-26-23(18-11-5-2-6-12-18,19-13-7-3-8-14-19)20-15-9-4-10-16-20/h2-16H,1H3,(H,27,28). The van der Waals surface area contributed by atoms with Crippen LogP contribution in [0.3, 0.4) is 0 Å². The van der Waals surface area contributed by atoms with Crippen LogP contribution in [-0.4, -0.2) is 16.6 Å². The highest BCUT2D eigenvalue weighted by molar-refractivity contribution is 5.82. The lowest BCUT2D eigenvalue weighted by Gasteiger charge is -2.31. The Balaban J connectivity index is 2.35. The van der Waals surface area contributed by atoms with E-state index in [-0.39, 0.29) is 0 Å². The van der Waals surface area contributed by atoms with E-state index in [2.05, 4.69) is 10.2 Å². The number of rotatable bonds is 6. The van der Waals surface area contributed by atoms with Crippen molar-refractivity contribution in [3.8, 4) is 6.07 Å². The number of nitrogens with zero attached hydrogens (tertiary/aromatic N) is 3. The van der Waals surface area contributed by atoms with E-state index in [1.54, 1.807) is 6.07 Å². The van der Waals surface area contributed by atoms with Crippen LogP contribution in [-0.2, 0) is 10.3 Å². The number of carboxylic acids is 1. The Morgan fingerprint density at radius 2 is 1.14 bits per heavy atom. The van der Waals surface area contributed by atoms with Crippen molar-refractivity contribution in [2.24, 2.45) is 10.2 Å². The molecule has 28 heavy (non-hydrogen) atoms. The molecule has 0 saturated heterocycles. The summed E-state index contributed by atoms with van der Waals surface area (Å²) < 4.78 is 0. The molecule has 3 aromatic carbocycles. The first-order chi connectivity index (χ1) is 13.5. The van der Waals surface area contributed by atoms with E-state index in [1.807, 2.05) is 91.0 Å². The number of nitriles is 1. The molecule has 1 atom stereocenters. The van der Waals surface area contributed by atoms with Gasteiger partial charge in [0.15, 0.2) is 5.54 Å². The summed E-state index contributed by atoms with van der Waals surface area (Å²) in [5, 5.41) is 27.4. The minimum atomic E-state index is -1.98. The SMILES string of the molecule is CC(C#N)(N=NC(c1ccccc1)(c1ccccc1)c1ccccc1)C(=O)O. The van der Waals surface area contributed by atoms with Crippen LogP contribution >= 0.6 is 0 Å². The number of hydrogen-bond donors (Lipinski definition) is 1. The summed E-state index contributed by atoms with van der Waals surface area (Å²) in [6, 6.07) is 30.3. The van der Waals surface area contributed by atoms with E-state index in [1.165, 1.54) is 6.92 Å². The zero-order valence-corrected chi connectivity index (χ0v) is 15.4. The molecule has 0 saturated carbocycles. The molecule has 0 radical (unpaired) electrons. The van der Waals surface area contributed by atoms with Gasteiger partial charge in [-0.25, -0.2) is 4.79 Å². The highest BCUT2D eigenvalue weighted by Gasteiger charge is 2.40. The number of hydrogen-bond acceptors (Lipinski definition) is 4. The molecule has 0 bridgehead atoms. The molecular formula is C23H19N3O2. The topological polar surface area (TPSA) is 85.8 Å². The number of aliphatic carboxylic acids is 1. The summed E-state index contributed by atoms with van der Waals surface area (Å²) >= 11 is 0. The normalized spacial score (nSPS) is 13.6. The summed E-state index contributed by atoms with van der Waals surface area (Å²) in [5.41, 5.74) is -0.605. The van der Waals surface area contributed by atoms with Crippen LogP contribution in [0.4, 0.5) is 0 Å². The Hall–Kier alpha value is -3.78. The minimum Gasteiger partial charge on any atom is -0.479 e. The molecule has 1 N–H and O–H groups in total. The lowest BCUT2D eigenvalue weighted by molar-refractivity contribution is -0.140. The summed E-state index contributed by atoms with van der Waals surface area (Å²) in [5.74, 6) is -1.35. The fourth-order valence-electron chi connectivity index (χ4n) is 3.00. The Bertz CT molecular complexity index is 915. The van der Waals surface area contributed by atoms with Crippen molar-refractivity contribution in [2.45, 2.75) is 18.0 Å². The van der Waals surface area contributed by atoms with E-state index in [9.17, 15) is 15.2 Å². The highest BCUT2D eigenvalue weighted by Crippen LogP contribution is 2.41. The Labute approximate surface area is 163 Å². The van der Waals surface area contributed by atoms with Crippen molar-refractivity contribution in [1.29, 1.82) is 5.26 Å². The van der Waals surface area contributed by atoms with E-state index < -0.39 is 17.0 Å². The predicted octanol–water partition coefficient (Wildman–Crippen LogP) is 4.80. The molecule has 0 aliphatic carbocycles. The Morgan fingerprint density at radius 1 is 0.786 bits per heavy atom. The predicted molar refractivity (Wildman–Crippen MR) is 106 cm³/mol.